The Morgan fingerprint density at radius 1 is 1.04 bits per heavy atom. The Hall–Kier alpha value is -1.32. The SMILES string of the molecule is OC1(C(c2ccccc2)n2cc[n+](Cl)c2)C2CC3CC(C2)CC1C3. The van der Waals surface area contributed by atoms with Gasteiger partial charge in [-0.15, -0.1) is 4.09 Å². The fourth-order valence-electron chi connectivity index (χ4n) is 6.20. The van der Waals surface area contributed by atoms with Crippen LogP contribution in [0.25, 0.3) is 0 Å². The van der Waals surface area contributed by atoms with Gasteiger partial charge in [-0.05, 0) is 61.3 Å². The van der Waals surface area contributed by atoms with Crippen molar-refractivity contribution in [3.05, 3.63) is 54.6 Å². The molecule has 3 nitrogen and oxygen atoms in total. The van der Waals surface area contributed by atoms with E-state index < -0.39 is 5.60 Å². The summed E-state index contributed by atoms with van der Waals surface area (Å²) < 4.78 is 3.67. The molecule has 1 N–H and O–H groups in total. The molecule has 1 atom stereocenters. The monoisotopic (exact) mass is 343 g/mol. The van der Waals surface area contributed by atoms with Crippen molar-refractivity contribution >= 4 is 11.8 Å². The molecule has 126 valence electrons. The van der Waals surface area contributed by atoms with Gasteiger partial charge in [0.15, 0.2) is 6.04 Å². The van der Waals surface area contributed by atoms with E-state index in [0.29, 0.717) is 11.8 Å². The van der Waals surface area contributed by atoms with Crippen molar-refractivity contribution in [2.24, 2.45) is 23.7 Å². The van der Waals surface area contributed by atoms with Crippen LogP contribution in [0.1, 0.15) is 43.7 Å². The Balaban J connectivity index is 1.64. The molecule has 0 radical (unpaired) electrons. The van der Waals surface area contributed by atoms with Gasteiger partial charge >= 0.3 is 0 Å². The van der Waals surface area contributed by atoms with E-state index in [2.05, 4.69) is 28.8 Å². The quantitative estimate of drug-likeness (QED) is 0.907. The van der Waals surface area contributed by atoms with Crippen molar-refractivity contribution in [1.82, 2.24) is 4.57 Å². The molecule has 24 heavy (non-hydrogen) atoms. The molecule has 4 saturated carbocycles. The maximum atomic E-state index is 12.1. The fraction of sp³-hybridized carbons (Fsp3) is 0.550. The van der Waals surface area contributed by atoms with Crippen LogP contribution in [-0.2, 0) is 0 Å². The summed E-state index contributed by atoms with van der Waals surface area (Å²) in [5.74, 6) is 2.49. The van der Waals surface area contributed by atoms with Crippen molar-refractivity contribution < 1.29 is 9.19 Å². The Bertz CT molecular complexity index is 713. The second kappa shape index (κ2) is 5.34. The third-order valence-electron chi connectivity index (χ3n) is 6.92. The van der Waals surface area contributed by atoms with Gasteiger partial charge in [-0.1, -0.05) is 30.3 Å². The van der Waals surface area contributed by atoms with Crippen LogP contribution in [0.3, 0.4) is 0 Å². The summed E-state index contributed by atoms with van der Waals surface area (Å²) in [6.45, 7) is 0. The number of aliphatic hydroxyl groups is 1. The molecule has 4 heteroatoms. The van der Waals surface area contributed by atoms with E-state index in [1.165, 1.54) is 37.7 Å². The molecule has 0 amide bonds. The molecule has 1 unspecified atom stereocenters. The lowest BCUT2D eigenvalue weighted by Gasteiger charge is -2.60. The zero-order chi connectivity index (χ0) is 16.3. The van der Waals surface area contributed by atoms with Crippen molar-refractivity contribution in [2.45, 2.75) is 43.7 Å². The highest BCUT2D eigenvalue weighted by atomic mass is 35.5. The van der Waals surface area contributed by atoms with Gasteiger partial charge in [-0.3, -0.25) is 0 Å². The first kappa shape index (κ1) is 15.0. The minimum Gasteiger partial charge on any atom is -0.384 e. The maximum Gasteiger partial charge on any atom is 0.262 e. The Morgan fingerprint density at radius 3 is 2.21 bits per heavy atom. The predicted octanol–water partition coefficient (Wildman–Crippen LogP) is 3.55. The number of hydrogen-bond acceptors (Lipinski definition) is 1. The lowest BCUT2D eigenvalue weighted by atomic mass is 9.48. The molecule has 0 spiro atoms. The normalized spacial score (nSPS) is 38.4. The van der Waals surface area contributed by atoms with E-state index in [1.54, 1.807) is 4.09 Å². The molecule has 1 heterocycles. The van der Waals surface area contributed by atoms with E-state index >= 15 is 0 Å². The van der Waals surface area contributed by atoms with Crippen LogP contribution in [-0.4, -0.2) is 15.3 Å². The number of nitrogens with zero attached hydrogens (tertiary/aromatic N) is 2. The first-order valence-corrected chi connectivity index (χ1v) is 9.50. The number of halogens is 1. The standard InChI is InChI=1S/C20H24ClN2O/c21-23-7-6-22(13-23)19(16-4-2-1-3-5-16)20(24)17-9-14-8-15(11-17)12-18(20)10-14/h1-7,13-15,17-19,24H,8-12H2/q+1. The van der Waals surface area contributed by atoms with Crippen LogP contribution in [0.5, 0.6) is 0 Å². The van der Waals surface area contributed by atoms with Gasteiger partial charge in [0, 0.05) is 0 Å². The molecular weight excluding hydrogens is 320 g/mol. The second-order valence-corrected chi connectivity index (χ2v) is 8.60. The fourth-order valence-corrected chi connectivity index (χ4v) is 6.35. The summed E-state index contributed by atoms with van der Waals surface area (Å²) >= 11 is 6.14. The van der Waals surface area contributed by atoms with Crippen LogP contribution in [0.4, 0.5) is 0 Å². The molecule has 0 saturated heterocycles. The van der Waals surface area contributed by atoms with Gasteiger partial charge in [0.25, 0.3) is 6.33 Å². The average molecular weight is 344 g/mol. The number of imidazole rings is 1. The third kappa shape index (κ3) is 2.11. The van der Waals surface area contributed by atoms with E-state index in [1.807, 2.05) is 24.8 Å². The molecule has 6 rings (SSSR count). The van der Waals surface area contributed by atoms with Crippen LogP contribution >= 0.6 is 11.8 Å². The number of rotatable bonds is 3. The van der Waals surface area contributed by atoms with Crippen molar-refractivity contribution in [3.8, 4) is 0 Å². The predicted molar refractivity (Wildman–Crippen MR) is 92.5 cm³/mol. The van der Waals surface area contributed by atoms with Crippen LogP contribution < -0.4 is 4.09 Å². The van der Waals surface area contributed by atoms with Crippen LogP contribution in [0.15, 0.2) is 49.1 Å². The molecular formula is C20H24ClN2O+. The van der Waals surface area contributed by atoms with E-state index in [0.717, 1.165) is 11.8 Å². The summed E-state index contributed by atoms with van der Waals surface area (Å²) in [5.41, 5.74) is 0.512. The summed E-state index contributed by atoms with van der Waals surface area (Å²) in [6, 6.07) is 10.4. The molecule has 2 aromatic rings. The highest BCUT2D eigenvalue weighted by Gasteiger charge is 2.61. The summed E-state index contributed by atoms with van der Waals surface area (Å²) in [5, 5.41) is 12.1. The van der Waals surface area contributed by atoms with Crippen LogP contribution in [0, 0.1) is 23.7 Å². The van der Waals surface area contributed by atoms with Crippen LogP contribution in [0.2, 0.25) is 0 Å². The van der Waals surface area contributed by atoms with Gasteiger partial charge in [-0.25, -0.2) is 4.57 Å². The lowest BCUT2D eigenvalue weighted by molar-refractivity contribution is -0.519. The summed E-state index contributed by atoms with van der Waals surface area (Å²) in [7, 11) is 0. The summed E-state index contributed by atoms with van der Waals surface area (Å²) in [6.07, 6.45) is 11.9. The minimum absolute atomic E-state index is 0.0614. The summed E-state index contributed by atoms with van der Waals surface area (Å²) in [4.78, 5) is 0. The molecule has 4 aliphatic carbocycles. The van der Waals surface area contributed by atoms with Gasteiger partial charge in [-0.2, -0.15) is 0 Å². The van der Waals surface area contributed by atoms with E-state index in [-0.39, 0.29) is 6.04 Å². The molecule has 4 fully saturated rings. The number of benzene rings is 1. The highest BCUT2D eigenvalue weighted by Crippen LogP contribution is 2.61. The lowest BCUT2D eigenvalue weighted by Crippen LogP contribution is -2.61. The zero-order valence-corrected chi connectivity index (χ0v) is 14.5. The third-order valence-corrected chi connectivity index (χ3v) is 7.12. The number of hydrogen-bond donors (Lipinski definition) is 1. The molecule has 0 aliphatic heterocycles. The smallest absolute Gasteiger partial charge is 0.262 e. The Morgan fingerprint density at radius 2 is 1.67 bits per heavy atom. The Kier molecular flexibility index (Phi) is 3.33. The molecule has 4 bridgehead atoms. The van der Waals surface area contributed by atoms with E-state index in [9.17, 15) is 5.11 Å². The van der Waals surface area contributed by atoms with Gasteiger partial charge in [0.2, 0.25) is 0 Å². The van der Waals surface area contributed by atoms with Gasteiger partial charge < -0.3 is 5.11 Å². The molecule has 1 aromatic heterocycles. The number of aromatic nitrogens is 2. The zero-order valence-electron chi connectivity index (χ0n) is 13.8. The minimum atomic E-state index is -0.669. The van der Waals surface area contributed by atoms with Crippen molar-refractivity contribution in [2.75, 3.05) is 0 Å². The molecule has 4 aliphatic rings. The first-order valence-electron chi connectivity index (χ1n) is 9.16. The molecule has 1 aromatic carbocycles. The van der Waals surface area contributed by atoms with E-state index in [4.69, 9.17) is 11.8 Å². The average Bonchev–Trinajstić information content (AvgIpc) is 2.99. The van der Waals surface area contributed by atoms with Gasteiger partial charge in [0.1, 0.15) is 29.8 Å². The second-order valence-electron chi connectivity index (χ2n) is 8.21. The maximum absolute atomic E-state index is 12.1. The highest BCUT2D eigenvalue weighted by molar-refractivity contribution is 6.04. The van der Waals surface area contributed by atoms with Gasteiger partial charge in [0.05, 0.1) is 0 Å². The topological polar surface area (TPSA) is 29.0 Å². The van der Waals surface area contributed by atoms with Crippen molar-refractivity contribution in [1.29, 1.82) is 0 Å². The largest absolute Gasteiger partial charge is 0.384 e. The van der Waals surface area contributed by atoms with Crippen molar-refractivity contribution in [3.63, 3.8) is 0 Å². The first-order chi connectivity index (χ1) is 11.6. The Labute approximate surface area is 148 Å².